The summed E-state index contributed by atoms with van der Waals surface area (Å²) in [5.41, 5.74) is 1.59. The highest BCUT2D eigenvalue weighted by Gasteiger charge is 2.52. The monoisotopic (exact) mass is 414 g/mol. The van der Waals surface area contributed by atoms with E-state index in [1.54, 1.807) is 0 Å². The van der Waals surface area contributed by atoms with Gasteiger partial charge in [-0.15, -0.1) is 0 Å². The van der Waals surface area contributed by atoms with E-state index in [1.807, 2.05) is 32.0 Å². The first-order valence-corrected chi connectivity index (χ1v) is 10.7. The van der Waals surface area contributed by atoms with Crippen LogP contribution in [0.1, 0.15) is 67.9 Å². The van der Waals surface area contributed by atoms with Gasteiger partial charge in [-0.2, -0.15) is 0 Å². The Balaban J connectivity index is 1.59. The minimum absolute atomic E-state index is 0.287. The van der Waals surface area contributed by atoms with Gasteiger partial charge in [0.2, 0.25) is 5.78 Å². The van der Waals surface area contributed by atoms with Crippen LogP contribution in [0.4, 0.5) is 4.79 Å². The average molecular weight is 415 g/mol. The number of rotatable bonds is 7. The molecule has 7 heteroatoms. The topological polar surface area (TPSA) is 92.8 Å². The van der Waals surface area contributed by atoms with Gasteiger partial charge in [0, 0.05) is 5.56 Å². The average Bonchev–Trinajstić information content (AvgIpc) is 2.97. The molecule has 0 bridgehead atoms. The van der Waals surface area contributed by atoms with E-state index in [4.69, 9.17) is 4.74 Å². The van der Waals surface area contributed by atoms with Gasteiger partial charge in [0.05, 0.1) is 0 Å². The number of aryl methyl sites for hydroxylation is 2. The highest BCUT2D eigenvalue weighted by molar-refractivity contribution is 6.09. The van der Waals surface area contributed by atoms with Crippen molar-refractivity contribution in [2.75, 3.05) is 13.2 Å². The first-order valence-electron chi connectivity index (χ1n) is 10.7. The molecular weight excluding hydrogens is 384 g/mol. The van der Waals surface area contributed by atoms with Crippen LogP contribution in [-0.4, -0.2) is 47.3 Å². The molecule has 1 heterocycles. The maximum atomic E-state index is 12.8. The largest absolute Gasteiger partial charge is 0.456 e. The molecule has 1 aliphatic heterocycles. The minimum Gasteiger partial charge on any atom is -0.456 e. The van der Waals surface area contributed by atoms with Gasteiger partial charge in [-0.3, -0.25) is 19.3 Å². The molecule has 1 saturated carbocycles. The van der Waals surface area contributed by atoms with Gasteiger partial charge in [0.15, 0.2) is 6.61 Å². The molecule has 1 saturated heterocycles. The van der Waals surface area contributed by atoms with E-state index < -0.39 is 30.7 Å². The summed E-state index contributed by atoms with van der Waals surface area (Å²) >= 11 is 0. The number of nitrogens with zero attached hydrogens (tertiary/aromatic N) is 1. The number of esters is 1. The summed E-state index contributed by atoms with van der Waals surface area (Å²) in [6.07, 6.45) is 4.37. The molecule has 162 valence electrons. The predicted octanol–water partition coefficient (Wildman–Crippen LogP) is 3.04. The number of benzene rings is 1. The van der Waals surface area contributed by atoms with E-state index in [9.17, 15) is 19.2 Å². The van der Waals surface area contributed by atoms with Crippen molar-refractivity contribution < 1.29 is 23.9 Å². The molecule has 1 aromatic rings. The van der Waals surface area contributed by atoms with Crippen LogP contribution in [0, 0.1) is 5.92 Å². The van der Waals surface area contributed by atoms with Gasteiger partial charge in [-0.1, -0.05) is 32.9 Å². The van der Waals surface area contributed by atoms with Crippen molar-refractivity contribution >= 4 is 23.7 Å². The highest BCUT2D eigenvalue weighted by atomic mass is 16.5. The Labute approximate surface area is 177 Å². The summed E-state index contributed by atoms with van der Waals surface area (Å²) in [5, 5.41) is 2.78. The summed E-state index contributed by atoms with van der Waals surface area (Å²) in [7, 11) is 0. The standard InChI is InChI=1S/C23H30N2O5/c1-4-16-6-7-17(5-2)18(12-16)19(26)14-30-20(27)13-25-21(28)23(24-22(25)29)10-8-15(3)9-11-23/h6-7,12,15H,4-5,8-11,13-14H2,1-3H3,(H,24,29). The van der Waals surface area contributed by atoms with Crippen LogP contribution in [0.5, 0.6) is 0 Å². The summed E-state index contributed by atoms with van der Waals surface area (Å²) in [6, 6.07) is 5.18. The number of carbonyl (C=O) groups excluding carboxylic acids is 4. The van der Waals surface area contributed by atoms with E-state index in [0.29, 0.717) is 30.7 Å². The molecule has 3 amide bonds. The van der Waals surface area contributed by atoms with Crippen LogP contribution in [0.2, 0.25) is 0 Å². The molecule has 3 rings (SSSR count). The summed E-state index contributed by atoms with van der Waals surface area (Å²) in [6.45, 7) is 5.20. The van der Waals surface area contributed by atoms with Crippen molar-refractivity contribution in [2.24, 2.45) is 5.92 Å². The number of imide groups is 1. The maximum Gasteiger partial charge on any atom is 0.326 e. The lowest BCUT2D eigenvalue weighted by Gasteiger charge is -2.33. The third kappa shape index (κ3) is 4.40. The molecule has 0 aromatic heterocycles. The molecule has 2 aliphatic rings. The third-order valence-electron chi connectivity index (χ3n) is 6.29. The molecular formula is C23H30N2O5. The Bertz CT molecular complexity index is 855. The zero-order chi connectivity index (χ0) is 21.9. The zero-order valence-electron chi connectivity index (χ0n) is 18.0. The fourth-order valence-corrected chi connectivity index (χ4v) is 4.22. The molecule has 30 heavy (non-hydrogen) atoms. The lowest BCUT2D eigenvalue weighted by Crippen LogP contribution is -2.49. The van der Waals surface area contributed by atoms with Crippen LogP contribution < -0.4 is 5.32 Å². The number of ketones is 1. The van der Waals surface area contributed by atoms with Crippen molar-refractivity contribution in [3.05, 3.63) is 34.9 Å². The Hall–Kier alpha value is -2.70. The van der Waals surface area contributed by atoms with E-state index in [2.05, 4.69) is 12.2 Å². The smallest absolute Gasteiger partial charge is 0.326 e. The van der Waals surface area contributed by atoms with Gasteiger partial charge in [0.1, 0.15) is 12.1 Å². The van der Waals surface area contributed by atoms with Gasteiger partial charge >= 0.3 is 12.0 Å². The predicted molar refractivity (Wildman–Crippen MR) is 111 cm³/mol. The SMILES string of the molecule is CCc1ccc(CC)c(C(=O)COC(=O)CN2C(=O)NC3(CCC(C)CC3)C2=O)c1. The maximum absolute atomic E-state index is 12.8. The minimum atomic E-state index is -0.893. The van der Waals surface area contributed by atoms with Crippen molar-refractivity contribution in [2.45, 2.75) is 64.8 Å². The Kier molecular flexibility index (Phi) is 6.58. The third-order valence-corrected chi connectivity index (χ3v) is 6.29. The van der Waals surface area contributed by atoms with E-state index >= 15 is 0 Å². The molecule has 7 nitrogen and oxygen atoms in total. The molecule has 2 fully saturated rings. The number of Topliss-reactive ketones (excluding diaryl/α,β-unsaturated/α-hetero) is 1. The fourth-order valence-electron chi connectivity index (χ4n) is 4.22. The van der Waals surface area contributed by atoms with Gasteiger partial charge in [0.25, 0.3) is 5.91 Å². The van der Waals surface area contributed by atoms with Crippen LogP contribution in [0.25, 0.3) is 0 Å². The molecule has 1 N–H and O–H groups in total. The molecule has 0 radical (unpaired) electrons. The van der Waals surface area contributed by atoms with Crippen LogP contribution in [-0.2, 0) is 27.2 Å². The first kappa shape index (κ1) is 22.0. The summed E-state index contributed by atoms with van der Waals surface area (Å²) in [5.74, 6) is -0.903. The van der Waals surface area contributed by atoms with Crippen molar-refractivity contribution in [3.8, 4) is 0 Å². The molecule has 0 atom stereocenters. The number of hydrogen-bond donors (Lipinski definition) is 1. The van der Waals surface area contributed by atoms with E-state index in [-0.39, 0.29) is 11.7 Å². The van der Waals surface area contributed by atoms with E-state index in [0.717, 1.165) is 35.3 Å². The molecule has 0 unspecified atom stereocenters. The fraction of sp³-hybridized carbons (Fsp3) is 0.565. The first-order chi connectivity index (χ1) is 14.3. The lowest BCUT2D eigenvalue weighted by atomic mass is 9.77. The number of ether oxygens (including phenoxy) is 1. The molecule has 1 aliphatic carbocycles. The summed E-state index contributed by atoms with van der Waals surface area (Å²) < 4.78 is 5.12. The summed E-state index contributed by atoms with van der Waals surface area (Å²) in [4.78, 5) is 50.9. The number of hydrogen-bond acceptors (Lipinski definition) is 5. The number of amides is 3. The van der Waals surface area contributed by atoms with Gasteiger partial charge < -0.3 is 10.1 Å². The zero-order valence-corrected chi connectivity index (χ0v) is 18.0. The number of urea groups is 1. The van der Waals surface area contributed by atoms with Gasteiger partial charge in [-0.25, -0.2) is 4.79 Å². The van der Waals surface area contributed by atoms with Crippen LogP contribution >= 0.6 is 0 Å². The Morgan fingerprint density at radius 1 is 1.17 bits per heavy atom. The molecule has 1 spiro atoms. The second kappa shape index (κ2) is 8.98. The quantitative estimate of drug-likeness (QED) is 0.421. The van der Waals surface area contributed by atoms with Crippen molar-refractivity contribution in [1.82, 2.24) is 10.2 Å². The Morgan fingerprint density at radius 2 is 1.87 bits per heavy atom. The van der Waals surface area contributed by atoms with Crippen LogP contribution in [0.15, 0.2) is 18.2 Å². The Morgan fingerprint density at radius 3 is 2.50 bits per heavy atom. The number of carbonyl (C=O) groups is 4. The lowest BCUT2D eigenvalue weighted by molar-refractivity contribution is -0.147. The second-order valence-corrected chi connectivity index (χ2v) is 8.37. The second-order valence-electron chi connectivity index (χ2n) is 8.37. The van der Waals surface area contributed by atoms with Crippen molar-refractivity contribution in [3.63, 3.8) is 0 Å². The highest BCUT2D eigenvalue weighted by Crippen LogP contribution is 2.36. The van der Waals surface area contributed by atoms with Crippen molar-refractivity contribution in [1.29, 1.82) is 0 Å². The van der Waals surface area contributed by atoms with Gasteiger partial charge in [-0.05, 0) is 61.6 Å². The van der Waals surface area contributed by atoms with Crippen LogP contribution in [0.3, 0.4) is 0 Å². The normalized spacial score (nSPS) is 23.6. The van der Waals surface area contributed by atoms with E-state index in [1.165, 1.54) is 0 Å². The number of nitrogens with one attached hydrogen (secondary N) is 1. The molecule has 1 aromatic carbocycles.